The third-order valence-corrected chi connectivity index (χ3v) is 6.53. The van der Waals surface area contributed by atoms with E-state index in [0.717, 1.165) is 17.1 Å². The Hall–Kier alpha value is -2.41. The summed E-state index contributed by atoms with van der Waals surface area (Å²) in [5.41, 5.74) is 1.29. The van der Waals surface area contributed by atoms with Gasteiger partial charge in [-0.1, -0.05) is 18.2 Å². The van der Waals surface area contributed by atoms with Crippen LogP contribution in [0.5, 0.6) is 0 Å². The maximum Gasteiger partial charge on any atom is 0.265 e. The van der Waals surface area contributed by atoms with Crippen LogP contribution in [0.2, 0.25) is 0 Å². The molecule has 0 atom stereocenters. The number of nitrogens with zero attached hydrogens (tertiary/aromatic N) is 2. The lowest BCUT2D eigenvalue weighted by Gasteiger charge is -2.32. The highest BCUT2D eigenvalue weighted by Crippen LogP contribution is 2.43. The molecule has 2 aliphatic heterocycles. The van der Waals surface area contributed by atoms with Gasteiger partial charge >= 0.3 is 0 Å². The average molecular weight is 360 g/mol. The van der Waals surface area contributed by atoms with Gasteiger partial charge in [-0.05, 0) is 37.1 Å². The molecule has 7 heteroatoms. The number of sulfonamides is 1. The van der Waals surface area contributed by atoms with Crippen molar-refractivity contribution in [1.82, 2.24) is 4.90 Å². The minimum atomic E-state index is -3.87. The van der Waals surface area contributed by atoms with Crippen molar-refractivity contribution < 1.29 is 17.6 Å². The maximum atomic E-state index is 13.8. The highest BCUT2D eigenvalue weighted by molar-refractivity contribution is 7.93. The number of hydrogen-bond donors (Lipinski definition) is 0. The van der Waals surface area contributed by atoms with Gasteiger partial charge in [-0.3, -0.25) is 9.10 Å². The van der Waals surface area contributed by atoms with Gasteiger partial charge in [-0.25, -0.2) is 12.8 Å². The molecule has 130 valence electrons. The molecule has 0 radical (unpaired) electrons. The summed E-state index contributed by atoms with van der Waals surface area (Å²) < 4.78 is 41.0. The van der Waals surface area contributed by atoms with Crippen molar-refractivity contribution in [2.24, 2.45) is 0 Å². The standard InChI is InChI=1S/C18H17FN2O3S/c19-13-7-8-16-15(11-13)14-5-1-2-6-17(14)25(23,24)21(16)12-18(22)20-9-3-4-10-20/h1-2,5-8,11H,3-4,9-10,12H2. The van der Waals surface area contributed by atoms with E-state index in [1.165, 1.54) is 24.3 Å². The van der Waals surface area contributed by atoms with E-state index in [0.29, 0.717) is 29.9 Å². The smallest absolute Gasteiger partial charge is 0.265 e. The van der Waals surface area contributed by atoms with E-state index in [9.17, 15) is 17.6 Å². The van der Waals surface area contributed by atoms with Crippen LogP contribution in [0.3, 0.4) is 0 Å². The Morgan fingerprint density at radius 2 is 1.76 bits per heavy atom. The van der Waals surface area contributed by atoms with Crippen molar-refractivity contribution >= 4 is 21.6 Å². The lowest BCUT2D eigenvalue weighted by molar-refractivity contribution is -0.128. The average Bonchev–Trinajstić information content (AvgIpc) is 3.13. The molecular formula is C18H17FN2O3S. The van der Waals surface area contributed by atoms with Crippen LogP contribution in [0, 0.1) is 5.82 Å². The van der Waals surface area contributed by atoms with Crippen LogP contribution in [0.1, 0.15) is 12.8 Å². The number of amides is 1. The molecule has 5 nitrogen and oxygen atoms in total. The number of likely N-dealkylation sites (tertiary alicyclic amines) is 1. The van der Waals surface area contributed by atoms with Crippen LogP contribution in [0.4, 0.5) is 10.1 Å². The molecule has 0 spiro atoms. The zero-order valence-corrected chi connectivity index (χ0v) is 14.3. The fraction of sp³-hybridized carbons (Fsp3) is 0.278. The van der Waals surface area contributed by atoms with Crippen molar-refractivity contribution in [3.63, 3.8) is 0 Å². The number of benzene rings is 2. The molecule has 2 aromatic carbocycles. The number of hydrogen-bond acceptors (Lipinski definition) is 3. The van der Waals surface area contributed by atoms with Crippen LogP contribution >= 0.6 is 0 Å². The van der Waals surface area contributed by atoms with Gasteiger partial charge in [0, 0.05) is 24.2 Å². The molecule has 4 rings (SSSR count). The van der Waals surface area contributed by atoms with Crippen molar-refractivity contribution in [2.75, 3.05) is 23.9 Å². The molecule has 2 heterocycles. The number of anilines is 1. The second-order valence-electron chi connectivity index (χ2n) is 6.26. The molecule has 0 aromatic heterocycles. The Morgan fingerprint density at radius 1 is 1.04 bits per heavy atom. The molecule has 2 aromatic rings. The number of rotatable bonds is 2. The Morgan fingerprint density at radius 3 is 2.52 bits per heavy atom. The van der Waals surface area contributed by atoms with Crippen LogP contribution in [-0.4, -0.2) is 38.9 Å². The van der Waals surface area contributed by atoms with Gasteiger partial charge in [-0.2, -0.15) is 0 Å². The maximum absolute atomic E-state index is 13.8. The fourth-order valence-corrected chi connectivity index (χ4v) is 5.11. The van der Waals surface area contributed by atoms with E-state index in [-0.39, 0.29) is 17.3 Å². The van der Waals surface area contributed by atoms with Crippen LogP contribution < -0.4 is 4.31 Å². The summed E-state index contributed by atoms with van der Waals surface area (Å²) >= 11 is 0. The molecule has 1 fully saturated rings. The lowest BCUT2D eigenvalue weighted by atomic mass is 10.0. The van der Waals surface area contributed by atoms with E-state index in [4.69, 9.17) is 0 Å². The van der Waals surface area contributed by atoms with Gasteiger partial charge < -0.3 is 4.90 Å². The van der Waals surface area contributed by atoms with E-state index in [1.54, 1.807) is 23.1 Å². The highest BCUT2D eigenvalue weighted by Gasteiger charge is 2.37. The summed E-state index contributed by atoms with van der Waals surface area (Å²) in [5, 5.41) is 0. The largest absolute Gasteiger partial charge is 0.341 e. The second-order valence-corrected chi connectivity index (χ2v) is 8.09. The summed E-state index contributed by atoms with van der Waals surface area (Å²) in [6, 6.07) is 10.5. The van der Waals surface area contributed by atoms with Crippen molar-refractivity contribution in [3.8, 4) is 11.1 Å². The van der Waals surface area contributed by atoms with Crippen LogP contribution in [0.25, 0.3) is 11.1 Å². The van der Waals surface area contributed by atoms with Crippen molar-refractivity contribution in [1.29, 1.82) is 0 Å². The minimum Gasteiger partial charge on any atom is -0.341 e. The highest BCUT2D eigenvalue weighted by atomic mass is 32.2. The van der Waals surface area contributed by atoms with Gasteiger partial charge in [0.25, 0.3) is 10.0 Å². The predicted molar refractivity (Wildman–Crippen MR) is 92.2 cm³/mol. The third-order valence-electron chi connectivity index (χ3n) is 4.71. The number of carbonyl (C=O) groups excluding carboxylic acids is 1. The van der Waals surface area contributed by atoms with E-state index < -0.39 is 15.8 Å². The summed E-state index contributed by atoms with van der Waals surface area (Å²) in [6.07, 6.45) is 1.87. The first-order chi connectivity index (χ1) is 12.0. The molecule has 2 aliphatic rings. The molecule has 0 N–H and O–H groups in total. The van der Waals surface area contributed by atoms with E-state index in [1.807, 2.05) is 0 Å². The summed E-state index contributed by atoms with van der Waals surface area (Å²) in [7, 11) is -3.87. The van der Waals surface area contributed by atoms with Gasteiger partial charge in [0.15, 0.2) is 0 Å². The third kappa shape index (κ3) is 2.59. The molecule has 1 amide bonds. The summed E-state index contributed by atoms with van der Waals surface area (Å²) in [6.45, 7) is 1.04. The van der Waals surface area contributed by atoms with E-state index in [2.05, 4.69) is 0 Å². The predicted octanol–water partition coefficient (Wildman–Crippen LogP) is 2.62. The summed E-state index contributed by atoms with van der Waals surface area (Å²) in [4.78, 5) is 14.3. The second kappa shape index (κ2) is 5.84. The number of fused-ring (bicyclic) bond motifs is 3. The molecule has 0 aliphatic carbocycles. The zero-order chi connectivity index (χ0) is 17.6. The first kappa shape index (κ1) is 16.1. The van der Waals surface area contributed by atoms with Crippen LogP contribution in [0.15, 0.2) is 47.4 Å². The number of halogens is 1. The molecule has 0 saturated carbocycles. The van der Waals surface area contributed by atoms with Crippen LogP contribution in [-0.2, 0) is 14.8 Å². The fourth-order valence-electron chi connectivity index (χ4n) is 3.46. The first-order valence-corrected chi connectivity index (χ1v) is 9.62. The normalized spacial score (nSPS) is 18.0. The van der Waals surface area contributed by atoms with E-state index >= 15 is 0 Å². The zero-order valence-electron chi connectivity index (χ0n) is 13.5. The Kier molecular flexibility index (Phi) is 3.76. The van der Waals surface area contributed by atoms with Gasteiger partial charge in [-0.15, -0.1) is 0 Å². The Labute approximate surface area is 145 Å². The minimum absolute atomic E-state index is 0.0994. The van der Waals surface area contributed by atoms with Gasteiger partial charge in [0.1, 0.15) is 12.4 Å². The van der Waals surface area contributed by atoms with Gasteiger partial charge in [0.2, 0.25) is 5.91 Å². The molecule has 25 heavy (non-hydrogen) atoms. The molecule has 0 unspecified atom stereocenters. The number of carbonyl (C=O) groups is 1. The topological polar surface area (TPSA) is 57.7 Å². The summed E-state index contributed by atoms with van der Waals surface area (Å²) in [5.74, 6) is -0.672. The SMILES string of the molecule is O=C(CN1c2ccc(F)cc2-c2ccccc2S1(=O)=O)N1CCCC1. The van der Waals surface area contributed by atoms with Crippen molar-refractivity contribution in [2.45, 2.75) is 17.7 Å². The molecule has 1 saturated heterocycles. The monoisotopic (exact) mass is 360 g/mol. The van der Waals surface area contributed by atoms with Gasteiger partial charge in [0.05, 0.1) is 10.6 Å². The van der Waals surface area contributed by atoms with Crippen molar-refractivity contribution in [3.05, 3.63) is 48.3 Å². The lowest BCUT2D eigenvalue weighted by Crippen LogP contribution is -2.43. The molecular weight excluding hydrogens is 343 g/mol. The Bertz CT molecular complexity index is 953. The quantitative estimate of drug-likeness (QED) is 0.827. The Balaban J connectivity index is 1.83. The molecule has 0 bridgehead atoms. The first-order valence-electron chi connectivity index (χ1n) is 8.18.